The normalized spacial score (nSPS) is 11.6. The molecule has 0 saturated heterocycles. The van der Waals surface area contributed by atoms with Crippen molar-refractivity contribution in [2.45, 2.75) is 12.5 Å². The van der Waals surface area contributed by atoms with Crippen LogP contribution >= 0.6 is 0 Å². The summed E-state index contributed by atoms with van der Waals surface area (Å²) in [5.74, 6) is 0. The minimum absolute atomic E-state index is 0.200. The number of hydrogen-bond acceptors (Lipinski definition) is 3. The van der Waals surface area contributed by atoms with Crippen LogP contribution in [0, 0.1) is 11.3 Å². The zero-order chi connectivity index (χ0) is 11.3. The van der Waals surface area contributed by atoms with Crippen molar-refractivity contribution in [1.82, 2.24) is 0 Å². The van der Waals surface area contributed by atoms with Gasteiger partial charge in [-0.1, -0.05) is 18.2 Å². The molecule has 0 heterocycles. The first kappa shape index (κ1) is 11.0. The van der Waals surface area contributed by atoms with Crippen LogP contribution in [0.2, 0.25) is 0 Å². The number of nitrogens with zero attached hydrogens (tertiary/aromatic N) is 2. The van der Waals surface area contributed by atoms with E-state index in [-0.39, 0.29) is 11.1 Å². The summed E-state index contributed by atoms with van der Waals surface area (Å²) in [7, 11) is 0. The number of nitriles is 1. The van der Waals surface area contributed by atoms with Crippen LogP contribution < -0.4 is 0 Å². The zero-order valence-electron chi connectivity index (χ0n) is 7.52. The summed E-state index contributed by atoms with van der Waals surface area (Å²) in [6.45, 7) is 0. The zero-order valence-corrected chi connectivity index (χ0v) is 7.52. The van der Waals surface area contributed by atoms with Gasteiger partial charge in [0.05, 0.1) is 6.07 Å². The van der Waals surface area contributed by atoms with Gasteiger partial charge in [-0.05, 0) is 11.6 Å². The molecule has 1 unspecified atom stereocenters. The van der Waals surface area contributed by atoms with E-state index in [4.69, 9.17) is 5.26 Å². The Hall–Kier alpha value is -2.05. The molecule has 5 heteroatoms. The van der Waals surface area contributed by atoms with Crippen molar-refractivity contribution in [2.24, 2.45) is 4.99 Å². The third-order valence-corrected chi connectivity index (χ3v) is 1.78. The minimum atomic E-state index is -2.61. The molecule has 0 bridgehead atoms. The minimum Gasteiger partial charge on any atom is -0.211 e. The van der Waals surface area contributed by atoms with Crippen LogP contribution in [0.3, 0.4) is 0 Å². The van der Waals surface area contributed by atoms with E-state index in [1.807, 2.05) is 0 Å². The van der Waals surface area contributed by atoms with Gasteiger partial charge in [-0.3, -0.25) is 0 Å². The molecule has 0 saturated carbocycles. The lowest BCUT2D eigenvalue weighted by Crippen LogP contribution is -1.93. The van der Waals surface area contributed by atoms with Gasteiger partial charge in [0.2, 0.25) is 6.08 Å². The molecule has 0 aliphatic heterocycles. The molecule has 0 aromatic heterocycles. The summed E-state index contributed by atoms with van der Waals surface area (Å²) in [5, 5.41) is 8.63. The Balaban J connectivity index is 3.09. The monoisotopic (exact) mass is 208 g/mol. The number of aliphatic imine (C=N–C) groups is 1. The third-order valence-electron chi connectivity index (χ3n) is 1.78. The Bertz CT molecular complexity index is 433. The number of isocyanates is 1. The summed E-state index contributed by atoms with van der Waals surface area (Å²) >= 11 is 0. The van der Waals surface area contributed by atoms with E-state index in [2.05, 4.69) is 4.99 Å². The standard InChI is InChI=1S/C10H6F2N2O/c11-10(12)8-3-1-2-7(4-8)9(5-13)14-6-15/h1-4,9-10H. The van der Waals surface area contributed by atoms with E-state index in [1.165, 1.54) is 24.3 Å². The average Bonchev–Trinajstić information content (AvgIpc) is 2.26. The summed E-state index contributed by atoms with van der Waals surface area (Å²) in [5.41, 5.74) is 0.0625. The van der Waals surface area contributed by atoms with Crippen LogP contribution in [0.5, 0.6) is 0 Å². The molecule has 1 aromatic carbocycles. The highest BCUT2D eigenvalue weighted by molar-refractivity contribution is 5.38. The van der Waals surface area contributed by atoms with Crippen molar-refractivity contribution in [3.8, 4) is 6.07 Å². The Kier molecular flexibility index (Phi) is 3.67. The highest BCUT2D eigenvalue weighted by Gasteiger charge is 2.12. The van der Waals surface area contributed by atoms with E-state index >= 15 is 0 Å². The van der Waals surface area contributed by atoms with Gasteiger partial charge in [0.15, 0.2) is 6.04 Å². The Morgan fingerprint density at radius 3 is 2.53 bits per heavy atom. The van der Waals surface area contributed by atoms with E-state index in [0.717, 1.165) is 6.07 Å². The molecule has 0 fully saturated rings. The van der Waals surface area contributed by atoms with Crippen molar-refractivity contribution < 1.29 is 13.6 Å². The van der Waals surface area contributed by atoms with Crippen LogP contribution in [-0.2, 0) is 4.79 Å². The highest BCUT2D eigenvalue weighted by Crippen LogP contribution is 2.23. The summed E-state index contributed by atoms with van der Waals surface area (Å²) in [4.78, 5) is 13.2. The number of hydrogen-bond donors (Lipinski definition) is 0. The molecule has 0 amide bonds. The van der Waals surface area contributed by atoms with Crippen LogP contribution in [0.25, 0.3) is 0 Å². The van der Waals surface area contributed by atoms with Crippen molar-refractivity contribution >= 4 is 6.08 Å². The maximum atomic E-state index is 12.3. The van der Waals surface area contributed by atoms with Gasteiger partial charge >= 0.3 is 0 Å². The van der Waals surface area contributed by atoms with Gasteiger partial charge < -0.3 is 0 Å². The average molecular weight is 208 g/mol. The molecular weight excluding hydrogens is 202 g/mol. The quantitative estimate of drug-likeness (QED) is 0.566. The lowest BCUT2D eigenvalue weighted by molar-refractivity contribution is 0.151. The summed E-state index contributed by atoms with van der Waals surface area (Å²) in [6.07, 6.45) is -1.38. The number of benzene rings is 1. The summed E-state index contributed by atoms with van der Waals surface area (Å²) < 4.78 is 24.6. The maximum absolute atomic E-state index is 12.3. The molecular formula is C10H6F2N2O. The lowest BCUT2D eigenvalue weighted by Gasteiger charge is -2.04. The van der Waals surface area contributed by atoms with Crippen molar-refractivity contribution in [3.05, 3.63) is 35.4 Å². The van der Waals surface area contributed by atoms with E-state index in [9.17, 15) is 13.6 Å². The maximum Gasteiger partial charge on any atom is 0.263 e. The fourth-order valence-electron chi connectivity index (χ4n) is 1.10. The molecule has 1 aromatic rings. The van der Waals surface area contributed by atoms with E-state index < -0.39 is 12.5 Å². The number of rotatable bonds is 3. The molecule has 0 radical (unpaired) electrons. The first-order valence-corrected chi connectivity index (χ1v) is 4.03. The first-order chi connectivity index (χ1) is 7.19. The number of alkyl halides is 2. The molecule has 76 valence electrons. The number of carbonyl (C=O) groups excluding carboxylic acids is 1. The number of halogens is 2. The smallest absolute Gasteiger partial charge is 0.211 e. The Morgan fingerprint density at radius 2 is 2.00 bits per heavy atom. The predicted molar refractivity (Wildman–Crippen MR) is 47.9 cm³/mol. The predicted octanol–water partition coefficient (Wildman–Crippen LogP) is 2.52. The second-order valence-corrected chi connectivity index (χ2v) is 2.72. The van der Waals surface area contributed by atoms with Gasteiger partial charge in [0.1, 0.15) is 0 Å². The molecule has 15 heavy (non-hydrogen) atoms. The Labute approximate surface area is 84.7 Å². The van der Waals surface area contributed by atoms with Crippen LogP contribution in [0.4, 0.5) is 8.78 Å². The van der Waals surface area contributed by atoms with E-state index in [0.29, 0.717) is 0 Å². The van der Waals surface area contributed by atoms with Crippen LogP contribution in [0.1, 0.15) is 23.6 Å². The molecule has 1 rings (SSSR count). The fraction of sp³-hybridized carbons (Fsp3) is 0.200. The second kappa shape index (κ2) is 4.99. The molecule has 0 aliphatic carbocycles. The molecule has 0 spiro atoms. The highest BCUT2D eigenvalue weighted by atomic mass is 19.3. The van der Waals surface area contributed by atoms with Gasteiger partial charge in [-0.25, -0.2) is 13.6 Å². The SMILES string of the molecule is N#CC(N=C=O)c1cccc(C(F)F)c1. The van der Waals surface area contributed by atoms with E-state index in [1.54, 1.807) is 6.07 Å². The molecule has 1 atom stereocenters. The Morgan fingerprint density at radius 1 is 1.33 bits per heavy atom. The third kappa shape index (κ3) is 2.70. The first-order valence-electron chi connectivity index (χ1n) is 4.03. The van der Waals surface area contributed by atoms with Crippen molar-refractivity contribution in [3.63, 3.8) is 0 Å². The summed E-state index contributed by atoms with van der Waals surface area (Å²) in [6, 6.07) is 5.89. The molecule has 3 nitrogen and oxygen atoms in total. The van der Waals surface area contributed by atoms with Crippen LogP contribution in [-0.4, -0.2) is 6.08 Å². The van der Waals surface area contributed by atoms with Gasteiger partial charge in [-0.15, -0.1) is 0 Å². The topological polar surface area (TPSA) is 53.2 Å². The van der Waals surface area contributed by atoms with Gasteiger partial charge in [-0.2, -0.15) is 10.3 Å². The fourth-order valence-corrected chi connectivity index (χ4v) is 1.10. The van der Waals surface area contributed by atoms with Gasteiger partial charge in [0.25, 0.3) is 6.43 Å². The lowest BCUT2D eigenvalue weighted by atomic mass is 10.1. The van der Waals surface area contributed by atoms with Gasteiger partial charge in [0, 0.05) is 5.56 Å². The molecule has 0 aliphatic rings. The van der Waals surface area contributed by atoms with Crippen LogP contribution in [0.15, 0.2) is 29.3 Å². The molecule has 0 N–H and O–H groups in total. The van der Waals surface area contributed by atoms with Crippen molar-refractivity contribution in [1.29, 1.82) is 5.26 Å². The second-order valence-electron chi connectivity index (χ2n) is 2.72. The van der Waals surface area contributed by atoms with Crippen molar-refractivity contribution in [2.75, 3.05) is 0 Å². The largest absolute Gasteiger partial charge is 0.263 e.